The SMILES string of the molecule is CC(C)N1CCC[S+]1[O-]. The smallest absolute Gasteiger partial charge is 0.127 e. The quantitative estimate of drug-likeness (QED) is 0.512. The minimum atomic E-state index is -0.657. The molecule has 0 spiro atoms. The van der Waals surface area contributed by atoms with Crippen molar-refractivity contribution in [2.24, 2.45) is 0 Å². The zero-order valence-electron chi connectivity index (χ0n) is 5.96. The molecule has 0 saturated carbocycles. The standard InChI is InChI=1S/C6H13NOS/c1-6(2)7-4-3-5-9(7)8/h6H,3-5H2,1-2H3. The van der Waals surface area contributed by atoms with Crippen molar-refractivity contribution in [1.29, 1.82) is 0 Å². The van der Waals surface area contributed by atoms with Gasteiger partial charge in [-0.3, -0.25) is 0 Å². The van der Waals surface area contributed by atoms with Crippen molar-refractivity contribution in [3.63, 3.8) is 0 Å². The van der Waals surface area contributed by atoms with Gasteiger partial charge in [0, 0.05) is 30.4 Å². The number of rotatable bonds is 1. The molecule has 0 aliphatic carbocycles. The molecule has 0 aromatic carbocycles. The van der Waals surface area contributed by atoms with Gasteiger partial charge in [-0.15, -0.1) is 4.31 Å². The van der Waals surface area contributed by atoms with Crippen LogP contribution in [0.3, 0.4) is 0 Å². The summed E-state index contributed by atoms with van der Waals surface area (Å²) in [5, 5.41) is 0. The van der Waals surface area contributed by atoms with Crippen LogP contribution in [0.1, 0.15) is 20.3 Å². The zero-order chi connectivity index (χ0) is 6.85. The first kappa shape index (κ1) is 7.38. The Morgan fingerprint density at radius 3 is 2.44 bits per heavy atom. The first-order valence-corrected chi connectivity index (χ1v) is 4.64. The van der Waals surface area contributed by atoms with E-state index in [-0.39, 0.29) is 0 Å². The lowest BCUT2D eigenvalue weighted by atomic mass is 10.4. The summed E-state index contributed by atoms with van der Waals surface area (Å²) in [5.74, 6) is 0.873. The molecule has 1 saturated heterocycles. The molecule has 1 heterocycles. The largest absolute Gasteiger partial charge is 0.598 e. The van der Waals surface area contributed by atoms with Gasteiger partial charge in [-0.25, -0.2) is 0 Å². The molecular weight excluding hydrogens is 134 g/mol. The maximum Gasteiger partial charge on any atom is 0.127 e. The number of hydrogen-bond donors (Lipinski definition) is 0. The summed E-state index contributed by atoms with van der Waals surface area (Å²) in [6, 6.07) is 0.452. The van der Waals surface area contributed by atoms with E-state index in [9.17, 15) is 4.55 Å². The second-order valence-electron chi connectivity index (χ2n) is 2.61. The third-order valence-corrected chi connectivity index (χ3v) is 3.30. The molecule has 0 N–H and O–H groups in total. The van der Waals surface area contributed by atoms with Gasteiger partial charge in [-0.05, 0) is 13.8 Å². The molecule has 1 aliphatic heterocycles. The predicted octanol–water partition coefficient (Wildman–Crippen LogP) is 0.764. The molecule has 1 atom stereocenters. The van der Waals surface area contributed by atoms with E-state index in [1.165, 1.54) is 0 Å². The van der Waals surface area contributed by atoms with Gasteiger partial charge in [0.15, 0.2) is 0 Å². The predicted molar refractivity (Wildman–Crippen MR) is 39.5 cm³/mol. The highest BCUT2D eigenvalue weighted by atomic mass is 32.2. The van der Waals surface area contributed by atoms with Gasteiger partial charge in [0.05, 0.1) is 0 Å². The lowest BCUT2D eigenvalue weighted by molar-refractivity contribution is 0.381. The van der Waals surface area contributed by atoms with E-state index in [1.54, 1.807) is 0 Å². The molecule has 1 fully saturated rings. The molecule has 0 aromatic rings. The minimum absolute atomic E-state index is 0.452. The summed E-state index contributed by atoms with van der Waals surface area (Å²) < 4.78 is 13.1. The lowest BCUT2D eigenvalue weighted by Crippen LogP contribution is -2.32. The van der Waals surface area contributed by atoms with Gasteiger partial charge >= 0.3 is 0 Å². The fourth-order valence-electron chi connectivity index (χ4n) is 1.06. The lowest BCUT2D eigenvalue weighted by Gasteiger charge is -2.19. The molecular formula is C6H13NOS. The Labute approximate surface area is 59.5 Å². The highest BCUT2D eigenvalue weighted by molar-refractivity contribution is 7.89. The minimum Gasteiger partial charge on any atom is -0.598 e. The molecule has 0 radical (unpaired) electrons. The summed E-state index contributed by atoms with van der Waals surface area (Å²) >= 11 is -0.657. The van der Waals surface area contributed by atoms with Gasteiger partial charge in [-0.1, -0.05) is 0 Å². The van der Waals surface area contributed by atoms with E-state index >= 15 is 0 Å². The van der Waals surface area contributed by atoms with Crippen LogP contribution in [0, 0.1) is 0 Å². The molecule has 1 aliphatic rings. The normalized spacial score (nSPS) is 30.0. The van der Waals surface area contributed by atoms with Crippen molar-refractivity contribution in [3.8, 4) is 0 Å². The van der Waals surface area contributed by atoms with Crippen LogP contribution in [0.5, 0.6) is 0 Å². The fraction of sp³-hybridized carbons (Fsp3) is 1.00. The van der Waals surface area contributed by atoms with Crippen molar-refractivity contribution < 1.29 is 4.55 Å². The summed E-state index contributed by atoms with van der Waals surface area (Å²) in [6.07, 6.45) is 1.10. The molecule has 0 aromatic heterocycles. The molecule has 3 heteroatoms. The topological polar surface area (TPSA) is 26.3 Å². The van der Waals surface area contributed by atoms with Crippen LogP contribution >= 0.6 is 0 Å². The van der Waals surface area contributed by atoms with Crippen LogP contribution in [0.2, 0.25) is 0 Å². The van der Waals surface area contributed by atoms with Gasteiger partial charge < -0.3 is 4.55 Å². The Bertz CT molecular complexity index is 97.1. The Morgan fingerprint density at radius 2 is 2.22 bits per heavy atom. The molecule has 54 valence electrons. The monoisotopic (exact) mass is 147 g/mol. The van der Waals surface area contributed by atoms with Gasteiger partial charge in [0.25, 0.3) is 0 Å². The van der Waals surface area contributed by atoms with E-state index in [2.05, 4.69) is 13.8 Å². The van der Waals surface area contributed by atoms with Crippen LogP contribution in [0.25, 0.3) is 0 Å². The van der Waals surface area contributed by atoms with E-state index < -0.39 is 11.4 Å². The van der Waals surface area contributed by atoms with Crippen molar-refractivity contribution >= 4 is 11.4 Å². The van der Waals surface area contributed by atoms with E-state index in [1.807, 2.05) is 4.31 Å². The fourth-order valence-corrected chi connectivity index (χ4v) is 2.47. The Kier molecular flexibility index (Phi) is 2.38. The van der Waals surface area contributed by atoms with E-state index in [0.29, 0.717) is 6.04 Å². The first-order valence-electron chi connectivity index (χ1n) is 3.37. The summed E-state index contributed by atoms with van der Waals surface area (Å²) in [4.78, 5) is 0. The van der Waals surface area contributed by atoms with E-state index in [0.717, 1.165) is 18.7 Å². The Hall–Kier alpha value is 0.270. The molecule has 0 amide bonds. The maximum absolute atomic E-state index is 11.1. The molecule has 1 rings (SSSR count). The van der Waals surface area contributed by atoms with Gasteiger partial charge in [0.2, 0.25) is 0 Å². The first-order chi connectivity index (χ1) is 4.22. The summed E-state index contributed by atoms with van der Waals surface area (Å²) in [5.41, 5.74) is 0. The Morgan fingerprint density at radius 1 is 1.56 bits per heavy atom. The van der Waals surface area contributed by atoms with Crippen LogP contribution in [-0.2, 0) is 11.4 Å². The van der Waals surface area contributed by atoms with Crippen LogP contribution in [-0.4, -0.2) is 27.2 Å². The van der Waals surface area contributed by atoms with Gasteiger partial charge in [-0.2, -0.15) is 0 Å². The average molecular weight is 147 g/mol. The third kappa shape index (κ3) is 1.60. The average Bonchev–Trinajstić information content (AvgIpc) is 2.13. The molecule has 2 nitrogen and oxygen atoms in total. The molecule has 0 bridgehead atoms. The van der Waals surface area contributed by atoms with Crippen molar-refractivity contribution in [2.45, 2.75) is 26.3 Å². The van der Waals surface area contributed by atoms with Crippen LogP contribution in [0.15, 0.2) is 0 Å². The second-order valence-corrected chi connectivity index (χ2v) is 4.13. The molecule has 1 unspecified atom stereocenters. The van der Waals surface area contributed by atoms with Crippen LogP contribution in [0.4, 0.5) is 0 Å². The summed E-state index contributed by atoms with van der Waals surface area (Å²) in [6.45, 7) is 5.19. The number of nitrogens with zero attached hydrogens (tertiary/aromatic N) is 1. The van der Waals surface area contributed by atoms with E-state index in [4.69, 9.17) is 0 Å². The summed E-state index contributed by atoms with van der Waals surface area (Å²) in [7, 11) is 0. The third-order valence-electron chi connectivity index (χ3n) is 1.53. The van der Waals surface area contributed by atoms with Crippen LogP contribution < -0.4 is 0 Å². The highest BCUT2D eigenvalue weighted by Crippen LogP contribution is 2.15. The Balaban J connectivity index is 2.40. The zero-order valence-corrected chi connectivity index (χ0v) is 6.78. The second kappa shape index (κ2) is 2.90. The van der Waals surface area contributed by atoms with Gasteiger partial charge in [0.1, 0.15) is 5.75 Å². The van der Waals surface area contributed by atoms with Crippen molar-refractivity contribution in [2.75, 3.05) is 12.3 Å². The van der Waals surface area contributed by atoms with Crippen molar-refractivity contribution in [1.82, 2.24) is 4.31 Å². The number of hydrogen-bond acceptors (Lipinski definition) is 2. The maximum atomic E-state index is 11.1. The van der Waals surface area contributed by atoms with Crippen molar-refractivity contribution in [3.05, 3.63) is 0 Å². The highest BCUT2D eigenvalue weighted by Gasteiger charge is 2.28. The molecule has 9 heavy (non-hydrogen) atoms.